The van der Waals surface area contributed by atoms with Crippen molar-refractivity contribution < 1.29 is 14.3 Å². The maximum absolute atomic E-state index is 12.7. The third-order valence-corrected chi connectivity index (χ3v) is 5.84. The van der Waals surface area contributed by atoms with Gasteiger partial charge < -0.3 is 19.7 Å². The monoisotopic (exact) mass is 360 g/mol. The van der Waals surface area contributed by atoms with Crippen molar-refractivity contribution in [1.82, 2.24) is 10.2 Å². The molecule has 1 aromatic carbocycles. The van der Waals surface area contributed by atoms with Crippen LogP contribution in [-0.2, 0) is 0 Å². The Labute approximate surface area is 157 Å². The minimum atomic E-state index is -0.0875. The maximum atomic E-state index is 12.7. The first-order valence-electron chi connectivity index (χ1n) is 9.96. The lowest BCUT2D eigenvalue weighted by Gasteiger charge is -2.40. The first-order valence-corrected chi connectivity index (χ1v) is 9.96. The second-order valence-electron chi connectivity index (χ2n) is 7.55. The maximum Gasteiger partial charge on any atom is 0.255 e. The van der Waals surface area contributed by atoms with Gasteiger partial charge in [0.25, 0.3) is 5.91 Å². The number of ether oxygens (including phenoxy) is 2. The van der Waals surface area contributed by atoms with E-state index >= 15 is 0 Å². The Hall–Kier alpha value is -1.75. The number of hydrogen-bond acceptors (Lipinski definition) is 4. The van der Waals surface area contributed by atoms with Crippen LogP contribution in [-0.4, -0.2) is 50.7 Å². The Bertz CT molecular complexity index is 599. The van der Waals surface area contributed by atoms with Gasteiger partial charge in [0.05, 0.1) is 19.8 Å². The lowest BCUT2D eigenvalue weighted by atomic mass is 9.90. The highest BCUT2D eigenvalue weighted by Crippen LogP contribution is 2.31. The average Bonchev–Trinajstić information content (AvgIpc) is 2.72. The highest BCUT2D eigenvalue weighted by Gasteiger charge is 2.27. The van der Waals surface area contributed by atoms with Gasteiger partial charge in [-0.1, -0.05) is 25.3 Å². The van der Waals surface area contributed by atoms with Crippen molar-refractivity contribution >= 4 is 5.91 Å². The molecule has 0 aromatic heterocycles. The number of methoxy groups -OCH3 is 2. The molecule has 1 saturated heterocycles. The van der Waals surface area contributed by atoms with Gasteiger partial charge in [0, 0.05) is 19.1 Å². The average molecular weight is 360 g/mol. The van der Waals surface area contributed by atoms with Crippen molar-refractivity contribution in [2.24, 2.45) is 5.92 Å². The lowest BCUT2D eigenvalue weighted by Crippen LogP contribution is -2.46. The highest BCUT2D eigenvalue weighted by molar-refractivity contribution is 5.97. The SMILES string of the molecule is COc1cccc(C(=O)NC[C@H]2CCCN(C3CCCCC3)C2)c1OC. The zero-order chi connectivity index (χ0) is 18.4. The summed E-state index contributed by atoms with van der Waals surface area (Å²) >= 11 is 0. The van der Waals surface area contributed by atoms with Crippen molar-refractivity contribution in [1.29, 1.82) is 0 Å². The van der Waals surface area contributed by atoms with Gasteiger partial charge in [-0.05, 0) is 50.3 Å². The second-order valence-corrected chi connectivity index (χ2v) is 7.55. The molecule has 0 spiro atoms. The third-order valence-electron chi connectivity index (χ3n) is 5.84. The summed E-state index contributed by atoms with van der Waals surface area (Å²) in [6.07, 6.45) is 9.26. The van der Waals surface area contributed by atoms with Gasteiger partial charge in [-0.2, -0.15) is 0 Å². The molecule has 0 unspecified atom stereocenters. The minimum Gasteiger partial charge on any atom is -0.493 e. The molecular weight excluding hydrogens is 328 g/mol. The van der Waals surface area contributed by atoms with E-state index in [1.54, 1.807) is 26.4 Å². The number of nitrogens with zero attached hydrogens (tertiary/aromatic N) is 1. The van der Waals surface area contributed by atoms with Gasteiger partial charge >= 0.3 is 0 Å². The fourth-order valence-electron chi connectivity index (χ4n) is 4.44. The van der Waals surface area contributed by atoms with E-state index in [0.717, 1.165) is 19.1 Å². The summed E-state index contributed by atoms with van der Waals surface area (Å²) in [4.78, 5) is 15.3. The predicted octanol–water partition coefficient (Wildman–Crippen LogP) is 3.48. The zero-order valence-electron chi connectivity index (χ0n) is 16.1. The predicted molar refractivity (Wildman–Crippen MR) is 103 cm³/mol. The van der Waals surface area contributed by atoms with Crippen LogP contribution < -0.4 is 14.8 Å². The summed E-state index contributed by atoms with van der Waals surface area (Å²) in [6, 6.07) is 6.17. The Morgan fingerprint density at radius 1 is 1.12 bits per heavy atom. The first kappa shape index (κ1) is 19.0. The van der Waals surface area contributed by atoms with Crippen molar-refractivity contribution in [2.45, 2.75) is 51.0 Å². The molecule has 1 N–H and O–H groups in total. The Morgan fingerprint density at radius 2 is 1.92 bits per heavy atom. The molecule has 26 heavy (non-hydrogen) atoms. The number of rotatable bonds is 6. The number of benzene rings is 1. The van der Waals surface area contributed by atoms with E-state index in [2.05, 4.69) is 10.2 Å². The number of para-hydroxylation sites is 1. The van der Waals surface area contributed by atoms with Crippen molar-refractivity contribution in [3.63, 3.8) is 0 Å². The smallest absolute Gasteiger partial charge is 0.255 e. The van der Waals surface area contributed by atoms with Crippen LogP contribution in [0.2, 0.25) is 0 Å². The normalized spacial score (nSPS) is 22.0. The van der Waals surface area contributed by atoms with Gasteiger partial charge in [0.15, 0.2) is 11.5 Å². The highest BCUT2D eigenvalue weighted by atomic mass is 16.5. The van der Waals surface area contributed by atoms with E-state index in [1.165, 1.54) is 51.5 Å². The first-order chi connectivity index (χ1) is 12.7. The van der Waals surface area contributed by atoms with Crippen LogP contribution in [0.4, 0.5) is 0 Å². The van der Waals surface area contributed by atoms with Gasteiger partial charge in [-0.15, -0.1) is 0 Å². The molecule has 1 saturated carbocycles. The fourth-order valence-corrected chi connectivity index (χ4v) is 4.44. The summed E-state index contributed by atoms with van der Waals surface area (Å²) in [5, 5.41) is 3.12. The molecule has 1 amide bonds. The molecule has 1 heterocycles. The molecular formula is C21H32N2O3. The van der Waals surface area contributed by atoms with E-state index in [0.29, 0.717) is 23.0 Å². The van der Waals surface area contributed by atoms with Crippen molar-refractivity contribution in [3.8, 4) is 11.5 Å². The van der Waals surface area contributed by atoms with Crippen LogP contribution in [0.3, 0.4) is 0 Å². The quantitative estimate of drug-likeness (QED) is 0.844. The van der Waals surface area contributed by atoms with Gasteiger partial charge in [0.2, 0.25) is 0 Å². The third kappa shape index (κ3) is 4.50. The van der Waals surface area contributed by atoms with E-state index in [4.69, 9.17) is 9.47 Å². The molecule has 0 bridgehead atoms. The summed E-state index contributed by atoms with van der Waals surface area (Å²) in [7, 11) is 3.15. The lowest BCUT2D eigenvalue weighted by molar-refractivity contribution is 0.0864. The van der Waals surface area contributed by atoms with Gasteiger partial charge in [-0.25, -0.2) is 0 Å². The Balaban J connectivity index is 1.56. The summed E-state index contributed by atoms with van der Waals surface area (Å²) < 4.78 is 10.7. The molecule has 1 atom stereocenters. The summed E-state index contributed by atoms with van der Waals surface area (Å²) in [6.45, 7) is 3.06. The molecule has 2 fully saturated rings. The van der Waals surface area contributed by atoms with Crippen LogP contribution in [0.15, 0.2) is 18.2 Å². The van der Waals surface area contributed by atoms with Gasteiger partial charge in [0.1, 0.15) is 0 Å². The number of carbonyl (C=O) groups is 1. The number of hydrogen-bond donors (Lipinski definition) is 1. The van der Waals surface area contributed by atoms with Crippen LogP contribution in [0.5, 0.6) is 11.5 Å². The number of likely N-dealkylation sites (tertiary alicyclic amines) is 1. The van der Waals surface area contributed by atoms with Crippen LogP contribution in [0, 0.1) is 5.92 Å². The fraction of sp³-hybridized carbons (Fsp3) is 0.667. The number of carbonyl (C=O) groups excluding carboxylic acids is 1. The zero-order valence-corrected chi connectivity index (χ0v) is 16.1. The molecule has 1 aliphatic carbocycles. The van der Waals surface area contributed by atoms with Crippen molar-refractivity contribution in [2.75, 3.05) is 33.9 Å². The topological polar surface area (TPSA) is 50.8 Å². The largest absolute Gasteiger partial charge is 0.493 e. The number of amides is 1. The summed E-state index contributed by atoms with van der Waals surface area (Å²) in [5.74, 6) is 1.53. The molecule has 3 rings (SSSR count). The van der Waals surface area contributed by atoms with Crippen LogP contribution in [0.1, 0.15) is 55.3 Å². The molecule has 2 aliphatic rings. The molecule has 1 aliphatic heterocycles. The molecule has 0 radical (unpaired) electrons. The van der Waals surface area contributed by atoms with Crippen LogP contribution >= 0.6 is 0 Å². The number of piperidine rings is 1. The van der Waals surface area contributed by atoms with E-state index in [-0.39, 0.29) is 5.91 Å². The number of nitrogens with one attached hydrogen (secondary N) is 1. The van der Waals surface area contributed by atoms with Crippen molar-refractivity contribution in [3.05, 3.63) is 23.8 Å². The Morgan fingerprint density at radius 3 is 2.65 bits per heavy atom. The summed E-state index contributed by atoms with van der Waals surface area (Å²) in [5.41, 5.74) is 0.534. The molecule has 5 heteroatoms. The standard InChI is InChI=1S/C21H32N2O3/c1-25-19-12-6-11-18(20(19)26-2)21(24)22-14-16-8-7-13-23(15-16)17-9-4-3-5-10-17/h6,11-12,16-17H,3-5,7-10,13-15H2,1-2H3,(H,22,24)/t16-/m1/s1. The van der Waals surface area contributed by atoms with E-state index in [1.807, 2.05) is 6.07 Å². The van der Waals surface area contributed by atoms with E-state index < -0.39 is 0 Å². The molecule has 5 nitrogen and oxygen atoms in total. The molecule has 144 valence electrons. The van der Waals surface area contributed by atoms with E-state index in [9.17, 15) is 4.79 Å². The van der Waals surface area contributed by atoms with Crippen LogP contribution in [0.25, 0.3) is 0 Å². The minimum absolute atomic E-state index is 0.0875. The second kappa shape index (κ2) is 9.26. The van der Waals surface area contributed by atoms with Gasteiger partial charge in [-0.3, -0.25) is 4.79 Å². The molecule has 1 aromatic rings. The Kier molecular flexibility index (Phi) is 6.78.